The summed E-state index contributed by atoms with van der Waals surface area (Å²) < 4.78 is 5.42. The molecule has 9 heteroatoms. The second-order valence-electron chi connectivity index (χ2n) is 9.45. The fraction of sp³-hybridized carbons (Fsp3) is 0.577. The highest BCUT2D eigenvalue weighted by Gasteiger charge is 2.38. The third-order valence-electron chi connectivity index (χ3n) is 6.50. The van der Waals surface area contributed by atoms with E-state index in [1.807, 2.05) is 26.0 Å². The fourth-order valence-corrected chi connectivity index (χ4v) is 4.37. The minimum atomic E-state index is -0.599. The summed E-state index contributed by atoms with van der Waals surface area (Å²) in [4.78, 5) is 41.1. The van der Waals surface area contributed by atoms with Crippen molar-refractivity contribution in [2.24, 2.45) is 0 Å². The zero-order valence-electron chi connectivity index (χ0n) is 21.0. The van der Waals surface area contributed by atoms with Gasteiger partial charge in [-0.2, -0.15) is 4.98 Å². The zero-order chi connectivity index (χ0) is 25.3. The van der Waals surface area contributed by atoms with Gasteiger partial charge in [-0.25, -0.2) is 0 Å². The lowest BCUT2D eigenvalue weighted by Gasteiger charge is -2.30. The van der Waals surface area contributed by atoms with Crippen molar-refractivity contribution in [3.05, 3.63) is 47.1 Å². The van der Waals surface area contributed by atoms with Gasteiger partial charge in [-0.15, -0.1) is 0 Å². The summed E-state index contributed by atoms with van der Waals surface area (Å²) in [7, 11) is 0. The molecule has 9 nitrogen and oxygen atoms in total. The molecule has 0 aliphatic heterocycles. The Morgan fingerprint density at radius 1 is 1.14 bits per heavy atom. The predicted octanol–water partition coefficient (Wildman–Crippen LogP) is 3.53. The van der Waals surface area contributed by atoms with Crippen LogP contribution in [-0.4, -0.2) is 33.9 Å². The van der Waals surface area contributed by atoms with Crippen LogP contribution >= 0.6 is 0 Å². The molecule has 1 heterocycles. The molecule has 1 aromatic carbocycles. The summed E-state index contributed by atoms with van der Waals surface area (Å²) in [5, 5.41) is 13.1. The van der Waals surface area contributed by atoms with Gasteiger partial charge in [0, 0.05) is 37.9 Å². The highest BCUT2D eigenvalue weighted by atomic mass is 16.5. The van der Waals surface area contributed by atoms with E-state index in [0.717, 1.165) is 50.5 Å². The Hall–Kier alpha value is -3.23. The quantitative estimate of drug-likeness (QED) is 0.444. The van der Waals surface area contributed by atoms with Crippen LogP contribution in [0.15, 0.2) is 28.8 Å². The van der Waals surface area contributed by atoms with Gasteiger partial charge in [-0.3, -0.25) is 14.4 Å². The third-order valence-corrected chi connectivity index (χ3v) is 6.50. The predicted molar refractivity (Wildman–Crippen MR) is 131 cm³/mol. The maximum atomic E-state index is 12.4. The largest absolute Gasteiger partial charge is 0.352 e. The van der Waals surface area contributed by atoms with Crippen LogP contribution < -0.4 is 16.0 Å². The summed E-state index contributed by atoms with van der Waals surface area (Å²) in [5.41, 5.74) is 0.821. The first-order valence-electron chi connectivity index (χ1n) is 12.6. The Morgan fingerprint density at radius 3 is 2.57 bits per heavy atom. The number of aromatic nitrogens is 2. The van der Waals surface area contributed by atoms with Gasteiger partial charge in [0.15, 0.2) is 5.82 Å². The number of carbonyl (C=O) groups is 3. The lowest BCUT2D eigenvalue weighted by atomic mass is 9.89. The van der Waals surface area contributed by atoms with Crippen molar-refractivity contribution in [3.8, 4) is 0 Å². The minimum absolute atomic E-state index is 0.103. The molecule has 3 rings (SSSR count). The van der Waals surface area contributed by atoms with Crippen LogP contribution in [-0.2, 0) is 28.1 Å². The number of aryl methyl sites for hydroxylation is 1. The first-order chi connectivity index (χ1) is 16.8. The van der Waals surface area contributed by atoms with Gasteiger partial charge in [0.25, 0.3) is 5.91 Å². The summed E-state index contributed by atoms with van der Waals surface area (Å²) in [5.74, 6) is 0.500. The lowest BCUT2D eigenvalue weighted by molar-refractivity contribution is -0.122. The van der Waals surface area contributed by atoms with Crippen molar-refractivity contribution in [2.45, 2.75) is 96.7 Å². The average Bonchev–Trinajstić information content (AvgIpc) is 3.21. The summed E-state index contributed by atoms with van der Waals surface area (Å²) in [6.07, 6.45) is 7.16. The molecular weight excluding hydrogens is 446 g/mol. The molecular formula is C26H37N5O4. The van der Waals surface area contributed by atoms with E-state index < -0.39 is 5.54 Å². The molecule has 1 aromatic heterocycles. The van der Waals surface area contributed by atoms with Crippen LogP contribution in [0, 0.1) is 0 Å². The van der Waals surface area contributed by atoms with Crippen LogP contribution in [0.4, 0.5) is 0 Å². The number of nitrogens with one attached hydrogen (secondary N) is 3. The SMILES string of the molecule is CCC(C)NC(=O)c1cccc(CNC(=O)CCc2nc(C3(NC(C)=O)CCCCCC3)no2)c1. The van der Waals surface area contributed by atoms with E-state index in [1.54, 1.807) is 12.1 Å². The molecule has 3 amide bonds. The van der Waals surface area contributed by atoms with Crippen LogP contribution in [0.3, 0.4) is 0 Å². The molecule has 190 valence electrons. The van der Waals surface area contributed by atoms with Crippen molar-refractivity contribution in [2.75, 3.05) is 0 Å². The molecule has 0 spiro atoms. The van der Waals surface area contributed by atoms with E-state index >= 15 is 0 Å². The second-order valence-corrected chi connectivity index (χ2v) is 9.45. The molecule has 1 atom stereocenters. The van der Waals surface area contributed by atoms with Crippen molar-refractivity contribution >= 4 is 17.7 Å². The van der Waals surface area contributed by atoms with Crippen LogP contribution in [0.2, 0.25) is 0 Å². The van der Waals surface area contributed by atoms with Crippen molar-refractivity contribution in [1.29, 1.82) is 0 Å². The van der Waals surface area contributed by atoms with E-state index in [1.165, 1.54) is 6.92 Å². The molecule has 0 radical (unpaired) electrons. The third kappa shape index (κ3) is 7.63. The smallest absolute Gasteiger partial charge is 0.251 e. The van der Waals surface area contributed by atoms with Gasteiger partial charge in [-0.1, -0.05) is 49.9 Å². The first-order valence-corrected chi connectivity index (χ1v) is 12.6. The van der Waals surface area contributed by atoms with Crippen molar-refractivity contribution < 1.29 is 18.9 Å². The standard InChI is InChI=1S/C26H37N5O4/c1-4-18(2)28-24(34)21-11-9-10-20(16-21)17-27-22(33)12-13-23-29-25(31-35-23)26(30-19(3)32)14-7-5-6-8-15-26/h9-11,16,18H,4-8,12-15,17H2,1-3H3,(H,27,33)(H,28,34)(H,30,32). The molecule has 1 unspecified atom stereocenters. The normalized spacial score (nSPS) is 16.1. The van der Waals surface area contributed by atoms with Gasteiger partial charge in [0.05, 0.1) is 0 Å². The van der Waals surface area contributed by atoms with Crippen molar-refractivity contribution in [1.82, 2.24) is 26.1 Å². The maximum absolute atomic E-state index is 12.4. The zero-order valence-corrected chi connectivity index (χ0v) is 21.0. The average molecular weight is 484 g/mol. The lowest BCUT2D eigenvalue weighted by Crippen LogP contribution is -2.45. The van der Waals surface area contributed by atoms with Crippen LogP contribution in [0.25, 0.3) is 0 Å². The van der Waals surface area contributed by atoms with Gasteiger partial charge in [0.2, 0.25) is 17.7 Å². The Labute approximate surface area is 206 Å². The molecule has 0 bridgehead atoms. The number of hydrogen-bond acceptors (Lipinski definition) is 6. The Bertz CT molecular complexity index is 1010. The molecule has 1 aliphatic rings. The highest BCUT2D eigenvalue weighted by molar-refractivity contribution is 5.94. The van der Waals surface area contributed by atoms with Gasteiger partial charge >= 0.3 is 0 Å². The molecule has 1 fully saturated rings. The van der Waals surface area contributed by atoms with E-state index in [4.69, 9.17) is 4.52 Å². The molecule has 3 N–H and O–H groups in total. The van der Waals surface area contributed by atoms with E-state index in [-0.39, 0.29) is 30.2 Å². The monoisotopic (exact) mass is 483 g/mol. The summed E-state index contributed by atoms with van der Waals surface area (Å²) >= 11 is 0. The first kappa shape index (κ1) is 26.4. The minimum Gasteiger partial charge on any atom is -0.352 e. The number of hydrogen-bond donors (Lipinski definition) is 3. The van der Waals surface area contributed by atoms with Gasteiger partial charge in [-0.05, 0) is 43.9 Å². The Morgan fingerprint density at radius 2 is 1.89 bits per heavy atom. The molecule has 1 aliphatic carbocycles. The van der Waals surface area contributed by atoms with E-state index in [0.29, 0.717) is 30.2 Å². The Kier molecular flexibility index (Phi) is 9.39. The maximum Gasteiger partial charge on any atom is 0.251 e. The molecule has 0 saturated heterocycles. The van der Waals surface area contributed by atoms with E-state index in [9.17, 15) is 14.4 Å². The number of rotatable bonds is 10. The number of amides is 3. The number of benzene rings is 1. The van der Waals surface area contributed by atoms with Crippen LogP contribution in [0.5, 0.6) is 0 Å². The summed E-state index contributed by atoms with van der Waals surface area (Å²) in [6, 6.07) is 7.34. The Balaban J connectivity index is 1.53. The van der Waals surface area contributed by atoms with E-state index in [2.05, 4.69) is 26.1 Å². The topological polar surface area (TPSA) is 126 Å². The molecule has 2 aromatic rings. The van der Waals surface area contributed by atoms with Crippen molar-refractivity contribution in [3.63, 3.8) is 0 Å². The van der Waals surface area contributed by atoms with Crippen LogP contribution in [0.1, 0.15) is 99.8 Å². The highest BCUT2D eigenvalue weighted by Crippen LogP contribution is 2.34. The van der Waals surface area contributed by atoms with Gasteiger partial charge < -0.3 is 20.5 Å². The number of carbonyl (C=O) groups excluding carboxylic acids is 3. The van der Waals surface area contributed by atoms with Gasteiger partial charge in [0.1, 0.15) is 5.54 Å². The fourth-order valence-electron chi connectivity index (χ4n) is 4.37. The number of nitrogens with zero attached hydrogens (tertiary/aromatic N) is 2. The summed E-state index contributed by atoms with van der Waals surface area (Å²) in [6.45, 7) is 5.81. The molecule has 35 heavy (non-hydrogen) atoms. The molecule has 1 saturated carbocycles. The second kappa shape index (κ2) is 12.5.